The number of benzene rings is 1. The molecule has 3 rings (SSSR count). The lowest BCUT2D eigenvalue weighted by Gasteiger charge is -2.08. The Kier molecular flexibility index (Phi) is 3.38. The van der Waals surface area contributed by atoms with Gasteiger partial charge in [0, 0.05) is 5.69 Å². The first-order valence-corrected chi connectivity index (χ1v) is 6.25. The Hall–Kier alpha value is -3.09. The van der Waals surface area contributed by atoms with E-state index in [-0.39, 0.29) is 6.54 Å². The Morgan fingerprint density at radius 2 is 2.00 bits per heavy atom. The van der Waals surface area contributed by atoms with Crippen molar-refractivity contribution in [3.63, 3.8) is 0 Å². The molecule has 0 amide bonds. The Labute approximate surface area is 119 Å². The summed E-state index contributed by atoms with van der Waals surface area (Å²) in [6.07, 6.45) is 1.50. The molecule has 7 nitrogen and oxygen atoms in total. The fraction of sp³-hybridized carbons (Fsp3) is 0.0714. The van der Waals surface area contributed by atoms with Crippen LogP contribution in [0.4, 0.5) is 11.6 Å². The average molecular weight is 284 g/mol. The summed E-state index contributed by atoms with van der Waals surface area (Å²) >= 11 is 0. The summed E-state index contributed by atoms with van der Waals surface area (Å²) in [4.78, 5) is 11.1. The van der Waals surface area contributed by atoms with Crippen molar-refractivity contribution in [2.24, 2.45) is 0 Å². The zero-order valence-corrected chi connectivity index (χ0v) is 10.9. The number of para-hydroxylation sites is 1. The molecule has 0 aliphatic rings. The highest BCUT2D eigenvalue weighted by Gasteiger charge is 2.18. The molecule has 0 aliphatic heterocycles. The number of carboxylic acids is 1. The highest BCUT2D eigenvalue weighted by molar-refractivity contribution is 5.69. The van der Waals surface area contributed by atoms with Crippen LogP contribution in [-0.2, 0) is 11.3 Å². The highest BCUT2D eigenvalue weighted by Crippen LogP contribution is 2.23. The van der Waals surface area contributed by atoms with Gasteiger partial charge in [-0.2, -0.15) is 0 Å². The number of furan rings is 1. The van der Waals surface area contributed by atoms with Gasteiger partial charge in [0.25, 0.3) is 0 Å². The fourth-order valence-electron chi connectivity index (χ4n) is 1.92. The summed E-state index contributed by atoms with van der Waals surface area (Å²) in [6, 6.07) is 12.7. The van der Waals surface area contributed by atoms with E-state index in [0.29, 0.717) is 17.5 Å². The lowest BCUT2D eigenvalue weighted by atomic mass is 10.3. The van der Waals surface area contributed by atoms with Crippen molar-refractivity contribution in [1.29, 1.82) is 0 Å². The third kappa shape index (κ3) is 2.76. The van der Waals surface area contributed by atoms with E-state index in [1.165, 1.54) is 10.8 Å². The molecule has 3 aromatic rings. The number of hydrogen-bond donors (Lipinski definition) is 2. The Morgan fingerprint density at radius 3 is 2.67 bits per heavy atom. The third-order valence-corrected chi connectivity index (χ3v) is 2.82. The van der Waals surface area contributed by atoms with Crippen molar-refractivity contribution in [2.45, 2.75) is 6.54 Å². The maximum absolute atomic E-state index is 11.1. The molecule has 0 saturated heterocycles. The monoisotopic (exact) mass is 284 g/mol. The Morgan fingerprint density at radius 1 is 1.19 bits per heavy atom. The van der Waals surface area contributed by atoms with E-state index < -0.39 is 5.97 Å². The van der Waals surface area contributed by atoms with Gasteiger partial charge in [-0.1, -0.05) is 18.2 Å². The summed E-state index contributed by atoms with van der Waals surface area (Å²) < 4.78 is 6.71. The average Bonchev–Trinajstić information content (AvgIpc) is 3.10. The molecule has 21 heavy (non-hydrogen) atoms. The van der Waals surface area contributed by atoms with Crippen LogP contribution >= 0.6 is 0 Å². The molecule has 0 bridgehead atoms. The molecule has 2 heterocycles. The number of aliphatic carboxylic acids is 1. The lowest BCUT2D eigenvalue weighted by molar-refractivity contribution is -0.137. The van der Waals surface area contributed by atoms with E-state index in [0.717, 1.165) is 5.69 Å². The van der Waals surface area contributed by atoms with Crippen LogP contribution in [0, 0.1) is 0 Å². The van der Waals surface area contributed by atoms with Crippen molar-refractivity contribution >= 4 is 17.6 Å². The number of hydrogen-bond acceptors (Lipinski definition) is 5. The molecule has 0 atom stereocenters. The number of carboxylic acid groups (broad SMARTS) is 1. The number of nitrogens with zero attached hydrogens (tertiary/aromatic N) is 3. The van der Waals surface area contributed by atoms with Crippen molar-refractivity contribution in [3.05, 3.63) is 48.7 Å². The summed E-state index contributed by atoms with van der Waals surface area (Å²) in [6.45, 7) is -0.266. The van der Waals surface area contributed by atoms with Crippen LogP contribution in [0.5, 0.6) is 0 Å². The molecule has 0 aliphatic carbocycles. The van der Waals surface area contributed by atoms with E-state index >= 15 is 0 Å². The Balaban J connectivity index is 1.98. The molecule has 1 aromatic carbocycles. The zero-order valence-electron chi connectivity index (χ0n) is 10.9. The SMILES string of the molecule is O=C(O)Cn1c(Nc2ccccc2)nnc1-c1ccco1. The predicted molar refractivity (Wildman–Crippen MR) is 75.1 cm³/mol. The van der Waals surface area contributed by atoms with Gasteiger partial charge >= 0.3 is 5.97 Å². The molecule has 0 radical (unpaired) electrons. The molecule has 0 fully saturated rings. The van der Waals surface area contributed by atoms with Gasteiger partial charge in [-0.05, 0) is 24.3 Å². The zero-order chi connectivity index (χ0) is 14.7. The van der Waals surface area contributed by atoms with Crippen LogP contribution in [-0.4, -0.2) is 25.8 Å². The van der Waals surface area contributed by atoms with Crippen LogP contribution < -0.4 is 5.32 Å². The van der Waals surface area contributed by atoms with Crippen molar-refractivity contribution < 1.29 is 14.3 Å². The number of anilines is 2. The maximum atomic E-state index is 11.1. The van der Waals surface area contributed by atoms with Crippen molar-refractivity contribution in [3.8, 4) is 11.6 Å². The van der Waals surface area contributed by atoms with Crippen molar-refractivity contribution in [2.75, 3.05) is 5.32 Å². The van der Waals surface area contributed by atoms with Gasteiger partial charge in [0.2, 0.25) is 11.8 Å². The third-order valence-electron chi connectivity index (χ3n) is 2.82. The first-order valence-electron chi connectivity index (χ1n) is 6.25. The maximum Gasteiger partial charge on any atom is 0.323 e. The first kappa shape index (κ1) is 12.9. The largest absolute Gasteiger partial charge is 0.480 e. The van der Waals surface area contributed by atoms with Gasteiger partial charge in [-0.15, -0.1) is 10.2 Å². The normalized spacial score (nSPS) is 10.5. The second-order valence-corrected chi connectivity index (χ2v) is 4.30. The fourth-order valence-corrected chi connectivity index (χ4v) is 1.92. The number of rotatable bonds is 5. The van der Waals surface area contributed by atoms with E-state index in [2.05, 4.69) is 15.5 Å². The molecule has 106 valence electrons. The Bertz CT molecular complexity index is 735. The number of nitrogens with one attached hydrogen (secondary N) is 1. The predicted octanol–water partition coefficient (Wildman–Crippen LogP) is 2.37. The summed E-state index contributed by atoms with van der Waals surface area (Å²) in [5.41, 5.74) is 0.794. The molecule has 7 heteroatoms. The second-order valence-electron chi connectivity index (χ2n) is 4.30. The van der Waals surface area contributed by atoms with Crippen LogP contribution in [0.15, 0.2) is 53.1 Å². The topological polar surface area (TPSA) is 93.2 Å². The molecule has 0 spiro atoms. The molecule has 0 saturated carbocycles. The van der Waals surface area contributed by atoms with E-state index in [9.17, 15) is 4.79 Å². The van der Waals surface area contributed by atoms with E-state index in [1.54, 1.807) is 12.1 Å². The standard InChI is InChI=1S/C14H12N4O3/c19-12(20)9-18-13(11-7-4-8-21-11)16-17-14(18)15-10-5-2-1-3-6-10/h1-8H,9H2,(H,15,17)(H,19,20). The van der Waals surface area contributed by atoms with Gasteiger partial charge in [0.05, 0.1) is 6.26 Å². The minimum Gasteiger partial charge on any atom is -0.480 e. The first-order chi connectivity index (χ1) is 10.2. The van der Waals surface area contributed by atoms with Crippen LogP contribution in [0.1, 0.15) is 0 Å². The molecular weight excluding hydrogens is 272 g/mol. The van der Waals surface area contributed by atoms with Gasteiger partial charge in [-0.3, -0.25) is 9.36 Å². The van der Waals surface area contributed by atoms with Gasteiger partial charge in [0.15, 0.2) is 5.76 Å². The van der Waals surface area contributed by atoms with Crippen molar-refractivity contribution in [1.82, 2.24) is 14.8 Å². The minimum absolute atomic E-state index is 0.266. The molecule has 2 aromatic heterocycles. The van der Waals surface area contributed by atoms with E-state index in [1.807, 2.05) is 30.3 Å². The number of aromatic nitrogens is 3. The second kappa shape index (κ2) is 5.49. The summed E-state index contributed by atoms with van der Waals surface area (Å²) in [7, 11) is 0. The molecule has 0 unspecified atom stereocenters. The van der Waals surface area contributed by atoms with Crippen LogP contribution in [0.25, 0.3) is 11.6 Å². The van der Waals surface area contributed by atoms with Crippen LogP contribution in [0.3, 0.4) is 0 Å². The molecular formula is C14H12N4O3. The lowest BCUT2D eigenvalue weighted by Crippen LogP contribution is -2.12. The number of carbonyl (C=O) groups is 1. The van der Waals surface area contributed by atoms with Crippen LogP contribution in [0.2, 0.25) is 0 Å². The van der Waals surface area contributed by atoms with Gasteiger partial charge < -0.3 is 14.8 Å². The van der Waals surface area contributed by atoms with Gasteiger partial charge in [0.1, 0.15) is 6.54 Å². The van der Waals surface area contributed by atoms with Gasteiger partial charge in [-0.25, -0.2) is 0 Å². The highest BCUT2D eigenvalue weighted by atomic mass is 16.4. The van der Waals surface area contributed by atoms with E-state index in [4.69, 9.17) is 9.52 Å². The summed E-state index contributed by atoms with van der Waals surface area (Å²) in [5, 5.41) is 20.1. The molecule has 2 N–H and O–H groups in total. The minimum atomic E-state index is -0.987. The summed E-state index contributed by atoms with van der Waals surface area (Å²) in [5.74, 6) is 0.180. The smallest absolute Gasteiger partial charge is 0.323 e. The quantitative estimate of drug-likeness (QED) is 0.747.